The molecular formula is C52H45N6O4P. The second-order valence-corrected chi connectivity index (χ2v) is 17.3. The molecule has 0 amide bonds. The van der Waals surface area contributed by atoms with Crippen LogP contribution < -0.4 is 29.7 Å². The first-order chi connectivity index (χ1) is 31.0. The van der Waals surface area contributed by atoms with Gasteiger partial charge in [0.1, 0.15) is 28.8 Å². The standard InChI is InChI=1S/C52H45N6O4P/c1-58-47-27-15-11-23-43(47)50(48-40-20-8-12-24-44(40)57-51(48)58)60-37-30-28-36(29-31-37)52(63(59,61-38-16-4-2-5-17-38)62-39-18-6-3-7-19-39)55-35-33-53-32-34-54-49-41-21-9-13-25-45(41)56-46-26-14-10-22-42(46)49/h2-31,52-53,55H,32-35H2,1H3,(H,54,56). The summed E-state index contributed by atoms with van der Waals surface area (Å²) in [6.45, 7) is 2.43. The highest BCUT2D eigenvalue weighted by molar-refractivity contribution is 7.55. The highest BCUT2D eigenvalue weighted by Crippen LogP contribution is 2.59. The summed E-state index contributed by atoms with van der Waals surface area (Å²) in [7, 11) is -1.99. The van der Waals surface area contributed by atoms with Crippen LogP contribution in [-0.2, 0) is 11.6 Å². The van der Waals surface area contributed by atoms with Gasteiger partial charge >= 0.3 is 7.60 Å². The number of fused-ring (bicyclic) bond motifs is 6. The minimum absolute atomic E-state index is 0.438. The van der Waals surface area contributed by atoms with Gasteiger partial charge in [-0.05, 0) is 72.3 Å². The zero-order chi connectivity index (χ0) is 42.6. The van der Waals surface area contributed by atoms with E-state index in [1.54, 1.807) is 24.3 Å². The molecule has 11 heteroatoms. The Labute approximate surface area is 365 Å². The lowest BCUT2D eigenvalue weighted by atomic mass is 10.1. The molecule has 2 aliphatic heterocycles. The predicted octanol–water partition coefficient (Wildman–Crippen LogP) is 12.0. The minimum atomic E-state index is -4.02. The number of hydrogen-bond acceptors (Lipinski definition) is 9. The molecule has 2 aliphatic rings. The third-order valence-electron chi connectivity index (χ3n) is 11.2. The first-order valence-corrected chi connectivity index (χ1v) is 22.7. The van der Waals surface area contributed by atoms with Crippen LogP contribution >= 0.6 is 7.60 Å². The molecule has 1 atom stereocenters. The van der Waals surface area contributed by atoms with Crippen molar-refractivity contribution >= 4 is 56.9 Å². The topological polar surface area (TPSA) is 112 Å². The zero-order valence-electron chi connectivity index (χ0n) is 34.6. The Morgan fingerprint density at radius 2 is 1.06 bits per heavy atom. The molecule has 63 heavy (non-hydrogen) atoms. The molecule has 1 aromatic heterocycles. The Hall–Kier alpha value is -7.23. The molecule has 0 bridgehead atoms. The summed E-state index contributed by atoms with van der Waals surface area (Å²) < 4.78 is 37.1. The van der Waals surface area contributed by atoms with E-state index < -0.39 is 13.4 Å². The minimum Gasteiger partial charge on any atom is -0.456 e. The molecule has 3 N–H and O–H groups in total. The number of aromatic nitrogens is 3. The van der Waals surface area contributed by atoms with Crippen LogP contribution in [0.2, 0.25) is 0 Å². The Morgan fingerprint density at radius 3 is 1.70 bits per heavy atom. The van der Waals surface area contributed by atoms with E-state index in [0.29, 0.717) is 49.0 Å². The Morgan fingerprint density at radius 1 is 0.540 bits per heavy atom. The SMILES string of the molecule is Cn1c2nc3ccccc3c-2c(Oc2ccc(C(NCCNCCNc3c4ccccc4nc4ccccc34)P(=O)(Oc3ccccc3)Oc3ccccc3)cc2)c2ccccc21. The number of ether oxygens (including phenoxy) is 1. The second-order valence-electron chi connectivity index (χ2n) is 15.3. The molecule has 0 aliphatic carbocycles. The maximum Gasteiger partial charge on any atom is 0.452 e. The first kappa shape index (κ1) is 39.9. The van der Waals surface area contributed by atoms with Crippen molar-refractivity contribution < 1.29 is 18.3 Å². The Balaban J connectivity index is 0.919. The van der Waals surface area contributed by atoms with Crippen molar-refractivity contribution in [1.29, 1.82) is 0 Å². The van der Waals surface area contributed by atoms with Crippen LogP contribution in [0, 0.1) is 0 Å². The van der Waals surface area contributed by atoms with Crippen molar-refractivity contribution in [1.82, 2.24) is 25.2 Å². The van der Waals surface area contributed by atoms with Crippen molar-refractivity contribution in [2.75, 3.05) is 31.5 Å². The van der Waals surface area contributed by atoms with Gasteiger partial charge in [0.15, 0.2) is 5.78 Å². The molecule has 10 rings (SSSR count). The Bertz CT molecular complexity index is 3100. The molecule has 0 fully saturated rings. The number of para-hydroxylation sites is 6. The van der Waals surface area contributed by atoms with E-state index in [2.05, 4.69) is 50.8 Å². The van der Waals surface area contributed by atoms with Crippen molar-refractivity contribution in [2.24, 2.45) is 7.05 Å². The quantitative estimate of drug-likeness (QED) is 0.0497. The van der Waals surface area contributed by atoms with Crippen LogP contribution in [-0.4, -0.2) is 40.7 Å². The molecule has 312 valence electrons. The van der Waals surface area contributed by atoms with Crippen LogP contribution in [0.3, 0.4) is 0 Å². The van der Waals surface area contributed by atoms with Crippen LogP contribution in [0.5, 0.6) is 23.0 Å². The summed E-state index contributed by atoms with van der Waals surface area (Å²) in [5, 5.41) is 14.9. The van der Waals surface area contributed by atoms with E-state index in [1.807, 2.05) is 134 Å². The van der Waals surface area contributed by atoms with Gasteiger partial charge in [-0.2, -0.15) is 0 Å². The van der Waals surface area contributed by atoms with E-state index in [1.165, 1.54) is 0 Å². The third-order valence-corrected chi connectivity index (χ3v) is 13.2. The first-order valence-electron chi connectivity index (χ1n) is 21.1. The largest absolute Gasteiger partial charge is 0.456 e. The van der Waals surface area contributed by atoms with Gasteiger partial charge in [-0.3, -0.25) is 5.32 Å². The molecule has 0 saturated heterocycles. The highest BCUT2D eigenvalue weighted by Gasteiger charge is 2.40. The van der Waals surface area contributed by atoms with Crippen molar-refractivity contribution in [3.8, 4) is 34.4 Å². The third kappa shape index (κ3) is 8.15. The lowest BCUT2D eigenvalue weighted by molar-refractivity contribution is 0.361. The van der Waals surface area contributed by atoms with Crippen LogP contribution in [0.1, 0.15) is 11.3 Å². The fourth-order valence-corrected chi connectivity index (χ4v) is 10.2. The highest BCUT2D eigenvalue weighted by atomic mass is 31.2. The number of nitrogens with zero attached hydrogens (tertiary/aromatic N) is 3. The van der Waals surface area contributed by atoms with Crippen molar-refractivity contribution in [3.05, 3.63) is 188 Å². The van der Waals surface area contributed by atoms with Crippen LogP contribution in [0.4, 0.5) is 5.69 Å². The molecule has 0 saturated carbocycles. The van der Waals surface area contributed by atoms with E-state index in [0.717, 1.165) is 66.4 Å². The van der Waals surface area contributed by atoms with Crippen LogP contribution in [0.25, 0.3) is 55.0 Å². The number of nitrogens with one attached hydrogen (secondary N) is 3. The number of rotatable bonds is 16. The summed E-state index contributed by atoms with van der Waals surface area (Å²) in [5.74, 6) is 2.21. The van der Waals surface area contributed by atoms with Gasteiger partial charge in [-0.15, -0.1) is 0 Å². The second kappa shape index (κ2) is 17.6. The molecule has 10 nitrogen and oxygen atoms in total. The fourth-order valence-electron chi connectivity index (χ4n) is 8.21. The summed E-state index contributed by atoms with van der Waals surface area (Å²) >= 11 is 0. The molecular weight excluding hydrogens is 804 g/mol. The number of hydrogen-bond donors (Lipinski definition) is 3. The zero-order valence-corrected chi connectivity index (χ0v) is 35.5. The molecule has 8 aromatic rings. The predicted molar refractivity (Wildman–Crippen MR) is 254 cm³/mol. The lowest BCUT2D eigenvalue weighted by Gasteiger charge is -2.29. The molecule has 3 heterocycles. The fraction of sp³-hybridized carbons (Fsp3) is 0.115. The average Bonchev–Trinajstić information content (AvgIpc) is 3.72. The summed E-state index contributed by atoms with van der Waals surface area (Å²) in [4.78, 5) is 9.85. The number of anilines is 1. The van der Waals surface area contributed by atoms with Gasteiger partial charge < -0.3 is 29.0 Å². The van der Waals surface area contributed by atoms with Crippen molar-refractivity contribution in [3.63, 3.8) is 0 Å². The van der Waals surface area contributed by atoms with Gasteiger partial charge in [-0.25, -0.2) is 14.5 Å². The van der Waals surface area contributed by atoms with Gasteiger partial charge in [0, 0.05) is 54.8 Å². The molecule has 0 radical (unpaired) electrons. The maximum absolute atomic E-state index is 15.4. The van der Waals surface area contributed by atoms with E-state index >= 15 is 4.57 Å². The smallest absolute Gasteiger partial charge is 0.452 e. The van der Waals surface area contributed by atoms with Crippen LogP contribution in [0.15, 0.2) is 182 Å². The lowest BCUT2D eigenvalue weighted by Crippen LogP contribution is -2.33. The molecule has 1 unspecified atom stereocenters. The molecule has 7 aromatic carbocycles. The average molecular weight is 849 g/mol. The normalized spacial score (nSPS) is 12.3. The summed E-state index contributed by atoms with van der Waals surface area (Å²) in [5.41, 5.74) is 6.54. The van der Waals surface area contributed by atoms with E-state index in [9.17, 15) is 0 Å². The van der Waals surface area contributed by atoms with Crippen molar-refractivity contribution in [2.45, 2.75) is 5.78 Å². The number of benzene rings is 7. The van der Waals surface area contributed by atoms with Gasteiger partial charge in [-0.1, -0.05) is 115 Å². The molecule has 0 spiro atoms. The number of pyridine rings is 2. The van der Waals surface area contributed by atoms with Gasteiger partial charge in [0.05, 0.1) is 33.3 Å². The van der Waals surface area contributed by atoms with E-state index in [-0.39, 0.29) is 0 Å². The number of aryl methyl sites for hydroxylation is 1. The summed E-state index contributed by atoms with van der Waals surface area (Å²) in [6.07, 6.45) is 0. The van der Waals surface area contributed by atoms with E-state index in [4.69, 9.17) is 23.8 Å². The van der Waals surface area contributed by atoms with Gasteiger partial charge in [0.2, 0.25) is 0 Å². The maximum atomic E-state index is 15.4. The van der Waals surface area contributed by atoms with Gasteiger partial charge in [0.25, 0.3) is 0 Å². The Kier molecular flexibility index (Phi) is 11.2. The monoisotopic (exact) mass is 848 g/mol. The summed E-state index contributed by atoms with van der Waals surface area (Å²) in [6, 6.07) is 58.7.